The zero-order valence-electron chi connectivity index (χ0n) is 54.2. The number of phenolic OH excluding ortho intramolecular Hbond substituents is 2. The molecule has 1 spiro atoms. The molecule has 9 bridgehead atoms. The van der Waals surface area contributed by atoms with E-state index in [9.17, 15) is 40.5 Å². The van der Waals surface area contributed by atoms with Crippen LogP contribution in [0.15, 0.2) is 121 Å². The number of H-pyrrole nitrogens is 1. The first-order chi connectivity index (χ1) is 44.5. The molecule has 14 nitrogen and oxygen atoms in total. The molecule has 0 saturated heterocycles. The lowest BCUT2D eigenvalue weighted by Gasteiger charge is -2.46. The summed E-state index contributed by atoms with van der Waals surface area (Å²) in [6, 6.07) is 29.2. The van der Waals surface area contributed by atoms with E-state index in [0.29, 0.717) is 81.1 Å². The van der Waals surface area contributed by atoms with Crippen LogP contribution in [0.1, 0.15) is 173 Å². The lowest BCUT2D eigenvalue weighted by Crippen LogP contribution is -2.48. The fraction of sp³-hybridized carbons (Fsp3) is 0.487. The molecular formula is C78H96N4O10. The van der Waals surface area contributed by atoms with E-state index in [0.717, 1.165) is 113 Å². The van der Waals surface area contributed by atoms with E-state index in [-0.39, 0.29) is 78.5 Å². The largest absolute Gasteiger partial charge is 0.508 e. The molecule has 0 radical (unpaired) electrons. The molecule has 3 aliphatic carbocycles. The molecule has 11 atom stereocenters. The number of allylic oxidation sites excluding steroid dienone is 2. The number of benzene rings is 5. The average molecular weight is 1250 g/mol. The van der Waals surface area contributed by atoms with Crippen molar-refractivity contribution in [3.8, 4) is 34.8 Å². The van der Waals surface area contributed by atoms with Gasteiger partial charge in [-0.1, -0.05) is 119 Å². The molecule has 6 aromatic rings. The zero-order chi connectivity index (χ0) is 64.6. The number of methoxy groups -OCH3 is 1. The third kappa shape index (κ3) is 14.7. The fourth-order valence-corrected chi connectivity index (χ4v) is 16.3. The Morgan fingerprint density at radius 3 is 2.37 bits per heavy atom. The van der Waals surface area contributed by atoms with Gasteiger partial charge in [-0.15, -0.1) is 0 Å². The monoisotopic (exact) mass is 1250 g/mol. The van der Waals surface area contributed by atoms with Gasteiger partial charge >= 0.3 is 0 Å². The maximum absolute atomic E-state index is 15.6. The summed E-state index contributed by atoms with van der Waals surface area (Å²) >= 11 is 0. The number of ketones is 2. The second kappa shape index (κ2) is 29.7. The van der Waals surface area contributed by atoms with Crippen molar-refractivity contribution in [1.29, 1.82) is 0 Å². The highest BCUT2D eigenvalue weighted by Gasteiger charge is 2.50. The number of β-amino-alcohol motifs (C(OH)–C–C–N with tert-alkyl or cyclic N) is 1. The highest BCUT2D eigenvalue weighted by Crippen LogP contribution is 2.51. The first-order valence-electron chi connectivity index (χ1n) is 34.1. The van der Waals surface area contributed by atoms with Crippen molar-refractivity contribution in [3.05, 3.63) is 171 Å². The third-order valence-corrected chi connectivity index (χ3v) is 21.5. The van der Waals surface area contributed by atoms with Gasteiger partial charge in [0.25, 0.3) is 0 Å². The second-order valence-corrected chi connectivity index (χ2v) is 27.7. The molecule has 0 amide bonds. The quantitative estimate of drug-likeness (QED) is 0.0428. The van der Waals surface area contributed by atoms with Crippen LogP contribution in [-0.2, 0) is 47.3 Å². The molecule has 2 fully saturated rings. The van der Waals surface area contributed by atoms with E-state index >= 15 is 4.79 Å². The van der Waals surface area contributed by atoms with E-state index in [4.69, 9.17) is 4.74 Å². The number of aromatic hydroxyl groups is 3. The molecule has 2 saturated carbocycles. The number of anilines is 1. The minimum atomic E-state index is -1.89. The highest BCUT2D eigenvalue weighted by molar-refractivity contribution is 6.06. The topological polar surface area (TPSA) is 237 Å². The van der Waals surface area contributed by atoms with E-state index in [1.165, 1.54) is 7.11 Å². The van der Waals surface area contributed by atoms with Gasteiger partial charge in [-0.2, -0.15) is 0 Å². The Bertz CT molecular complexity index is 3720. The number of ether oxygens (including phenoxy) is 1. The van der Waals surface area contributed by atoms with Gasteiger partial charge in [-0.3, -0.25) is 9.59 Å². The summed E-state index contributed by atoms with van der Waals surface area (Å²) in [5, 5.41) is 93.5. The minimum absolute atomic E-state index is 0.0546. The number of hydrogen-bond acceptors (Lipinski definition) is 13. The number of aromatic nitrogens is 1. The van der Waals surface area contributed by atoms with Gasteiger partial charge in [0.2, 0.25) is 0 Å². The number of rotatable bonds is 11. The number of phenols is 3. The van der Waals surface area contributed by atoms with Crippen LogP contribution in [0.3, 0.4) is 0 Å². The smallest absolute Gasteiger partial charge is 0.173 e. The Balaban J connectivity index is 1.02. The van der Waals surface area contributed by atoms with E-state index in [1.807, 2.05) is 54.6 Å². The van der Waals surface area contributed by atoms with Crippen LogP contribution in [0.5, 0.6) is 23.0 Å². The van der Waals surface area contributed by atoms with Crippen LogP contribution in [0, 0.1) is 47.3 Å². The van der Waals surface area contributed by atoms with Gasteiger partial charge in [0.15, 0.2) is 29.2 Å². The van der Waals surface area contributed by atoms with Gasteiger partial charge in [-0.05, 0) is 199 Å². The molecule has 2 aliphatic heterocycles. The highest BCUT2D eigenvalue weighted by atomic mass is 16.5. The summed E-state index contributed by atoms with van der Waals surface area (Å²) < 4.78 is 5.68. The molecule has 11 N–H and O–H groups in total. The molecule has 11 unspecified atom stereocenters. The number of aryl methyl sites for hydroxylation is 3. The minimum Gasteiger partial charge on any atom is -0.508 e. The standard InChI is InChI=1S/C78H96N4O10/c1-5-12-62-57-35-50(33-49-29-32-80-73(36-49)82-59-26-23-53-21-22-56(74(88)66(53)41-59)37-60(84)45-79-43-48(3)58-40-72(81-44-58)78(77(62)91)30-9-6-10-31-78)34-54-24-27-63(64-42-70(87)71(92-4)39-55(64)25-28-69(86)76(90)75(89)65(54)38-57)61-15-8-7-13-51(61)19-17-47(2)18-20-52-14-11-16-68(85)67(52)46-83/h7-8,11,13-16,21-23,26,29,36,39-42,44,47-48,50,54,57,60,62-63,65,76-77,79-85,87-88,90-91H,5-6,9-10,12,17-20,25,28,30-35,37-38,43,45-46H2,1-4H3. The van der Waals surface area contributed by atoms with E-state index in [1.54, 1.807) is 18.2 Å². The number of fused-ring (bicyclic) bond motifs is 10. The van der Waals surface area contributed by atoms with Crippen molar-refractivity contribution in [2.45, 2.75) is 179 Å². The van der Waals surface area contributed by atoms with Crippen molar-refractivity contribution in [1.82, 2.24) is 15.6 Å². The van der Waals surface area contributed by atoms with Gasteiger partial charge in [0.1, 0.15) is 17.3 Å². The molecule has 1 aromatic heterocycles. The number of carbonyl (C=O) groups is 2. The van der Waals surface area contributed by atoms with Crippen LogP contribution in [0.2, 0.25) is 0 Å². The summed E-state index contributed by atoms with van der Waals surface area (Å²) in [7, 11) is 1.49. The lowest BCUT2D eigenvalue weighted by atomic mass is 9.61. The molecule has 488 valence electrons. The van der Waals surface area contributed by atoms with Crippen molar-refractivity contribution < 1.29 is 50.1 Å². The van der Waals surface area contributed by atoms with Crippen LogP contribution < -0.4 is 20.7 Å². The van der Waals surface area contributed by atoms with Crippen molar-refractivity contribution in [2.24, 2.45) is 35.5 Å². The molecule has 5 aliphatic rings. The maximum atomic E-state index is 15.6. The first kappa shape index (κ1) is 66.1. The molecule has 14 heteroatoms. The summed E-state index contributed by atoms with van der Waals surface area (Å²) in [6.07, 6.45) is 14.6. The lowest BCUT2D eigenvalue weighted by molar-refractivity contribution is -0.142. The number of aromatic amines is 1. The SMILES string of the molecule is CCCC1C2CC(CC3=CCNC(=C3)Nc3ccc4ccc(c(O)c4c3)CC(O)CNCC(C)c3c[nH]c(c3)C3(CCCCC3)C1O)CC1C#CC(c3ccccc3CCC(C)CCc3cccc(O)c3CO)c3cc(O)c(OC)cc3CCC(=O)C(O)C(=O)C1C2. The number of dihydropyridines is 1. The summed E-state index contributed by atoms with van der Waals surface area (Å²) in [4.78, 5) is 34.0. The predicted octanol–water partition coefficient (Wildman–Crippen LogP) is 12.4. The number of nitrogens with one attached hydrogen (secondary N) is 4. The Morgan fingerprint density at radius 2 is 1.58 bits per heavy atom. The van der Waals surface area contributed by atoms with Gasteiger partial charge in [0, 0.05) is 78.3 Å². The molecule has 92 heavy (non-hydrogen) atoms. The van der Waals surface area contributed by atoms with E-state index in [2.05, 4.69) is 90.1 Å². The molecular weight excluding hydrogens is 1150 g/mol. The third-order valence-electron chi connectivity index (χ3n) is 21.5. The predicted molar refractivity (Wildman–Crippen MR) is 362 cm³/mol. The fourth-order valence-electron chi connectivity index (χ4n) is 16.3. The normalized spacial score (nSPS) is 26.0. The number of hydrogen-bond donors (Lipinski definition) is 11. The summed E-state index contributed by atoms with van der Waals surface area (Å²) in [5.41, 5.74) is 9.03. The number of Topliss-reactive ketones (excluding diaryl/α,β-unsaturated/α-hetero) is 2. The molecule has 5 aromatic carbocycles. The Kier molecular flexibility index (Phi) is 21.3. The second-order valence-electron chi connectivity index (χ2n) is 27.7. The summed E-state index contributed by atoms with van der Waals surface area (Å²) in [5.74, 6) is 5.50. The van der Waals surface area contributed by atoms with Gasteiger partial charge in [-0.25, -0.2) is 0 Å². The van der Waals surface area contributed by atoms with Gasteiger partial charge in [0.05, 0.1) is 31.8 Å². The van der Waals surface area contributed by atoms with Crippen molar-refractivity contribution >= 4 is 28.0 Å². The van der Waals surface area contributed by atoms with Crippen molar-refractivity contribution in [2.75, 3.05) is 32.1 Å². The Morgan fingerprint density at radius 1 is 0.793 bits per heavy atom. The van der Waals surface area contributed by atoms with Crippen molar-refractivity contribution in [3.63, 3.8) is 0 Å². The molecule has 3 heterocycles. The Labute approximate surface area is 543 Å². The zero-order valence-corrected chi connectivity index (χ0v) is 54.2. The maximum Gasteiger partial charge on any atom is 0.173 e. The van der Waals surface area contributed by atoms with Crippen LogP contribution >= 0.6 is 0 Å². The summed E-state index contributed by atoms with van der Waals surface area (Å²) in [6.45, 7) is 7.81. The van der Waals surface area contributed by atoms with Crippen LogP contribution in [-0.4, -0.2) is 97.4 Å². The Hall–Kier alpha value is -7.38. The van der Waals surface area contributed by atoms with Crippen LogP contribution in [0.4, 0.5) is 5.69 Å². The first-order valence-corrected chi connectivity index (χ1v) is 34.1. The number of carbonyl (C=O) groups excluding carboxylic acids is 2. The van der Waals surface area contributed by atoms with Gasteiger partial charge < -0.3 is 61.4 Å². The number of aliphatic hydroxyl groups excluding tert-OH is 4. The molecule has 11 rings (SSSR count). The van der Waals surface area contributed by atoms with Crippen LogP contribution in [0.25, 0.3) is 10.8 Å². The number of aliphatic hydroxyl groups is 4. The average Bonchev–Trinajstić information content (AvgIpc) is 1.43. The van der Waals surface area contributed by atoms with E-state index < -0.39 is 53.0 Å².